The number of amides is 1. The van der Waals surface area contributed by atoms with Gasteiger partial charge in [-0.1, -0.05) is 29.8 Å². The predicted octanol–water partition coefficient (Wildman–Crippen LogP) is 2.63. The second-order valence-electron chi connectivity index (χ2n) is 8.11. The minimum absolute atomic E-state index is 0.0296. The molecule has 1 amide bonds. The molecule has 4 fully saturated rings. The van der Waals surface area contributed by atoms with Gasteiger partial charge in [0.2, 0.25) is 0 Å². The van der Waals surface area contributed by atoms with Crippen LogP contribution in [0, 0.1) is 0 Å². The molecule has 5 aliphatic rings. The number of benzene rings is 1. The van der Waals surface area contributed by atoms with Gasteiger partial charge in [0.15, 0.2) is 5.72 Å². The van der Waals surface area contributed by atoms with Gasteiger partial charge >= 0.3 is 6.09 Å². The summed E-state index contributed by atoms with van der Waals surface area (Å²) < 4.78 is 12.0. The molecule has 1 N–H and O–H groups in total. The van der Waals surface area contributed by atoms with Crippen molar-refractivity contribution in [2.24, 2.45) is 0 Å². The minimum Gasteiger partial charge on any atom is -0.453 e. The summed E-state index contributed by atoms with van der Waals surface area (Å²) >= 11 is 0. The van der Waals surface area contributed by atoms with Crippen LogP contribution < -0.4 is 5.32 Å². The van der Waals surface area contributed by atoms with Crippen molar-refractivity contribution in [3.05, 3.63) is 41.5 Å². The molecule has 4 saturated heterocycles. The average molecular weight is 353 g/mol. The number of allylic oxidation sites excluding steroid dienone is 1. The van der Waals surface area contributed by atoms with Gasteiger partial charge in [0.1, 0.15) is 11.8 Å². The number of ether oxygens (including phenoxy) is 2. The van der Waals surface area contributed by atoms with Crippen LogP contribution in [-0.2, 0) is 15.0 Å². The van der Waals surface area contributed by atoms with E-state index in [4.69, 9.17) is 9.47 Å². The number of nitrogens with one attached hydrogen (secondary N) is 1. The first-order valence-corrected chi connectivity index (χ1v) is 9.47. The van der Waals surface area contributed by atoms with Crippen molar-refractivity contribution in [2.45, 2.75) is 55.8 Å². The Morgan fingerprint density at radius 2 is 2.27 bits per heavy atom. The van der Waals surface area contributed by atoms with Crippen LogP contribution in [0.3, 0.4) is 0 Å². The highest BCUT2D eigenvalue weighted by atomic mass is 16.6. The zero-order chi connectivity index (χ0) is 17.7. The third-order valence-electron chi connectivity index (χ3n) is 7.27. The molecule has 5 atom stereocenters. The number of methoxy groups -OCH3 is 1. The summed E-state index contributed by atoms with van der Waals surface area (Å²) in [5.74, 6) is 0. The Morgan fingerprint density at radius 1 is 1.42 bits per heavy atom. The monoisotopic (exact) mass is 353 g/mol. The third kappa shape index (κ3) is 1.40. The van der Waals surface area contributed by atoms with Gasteiger partial charge in [0, 0.05) is 30.3 Å². The lowest BCUT2D eigenvalue weighted by atomic mass is 9.68. The van der Waals surface area contributed by atoms with Crippen LogP contribution in [0.5, 0.6) is 0 Å². The molecule has 1 aromatic rings. The second-order valence-corrected chi connectivity index (χ2v) is 8.11. The normalized spacial score (nSPS) is 43.2. The maximum Gasteiger partial charge on any atom is 0.410 e. The largest absolute Gasteiger partial charge is 0.453 e. The third-order valence-corrected chi connectivity index (χ3v) is 7.27. The van der Waals surface area contributed by atoms with E-state index in [9.17, 15) is 4.79 Å². The Bertz CT molecular complexity index is 854. The fourth-order valence-corrected chi connectivity index (χ4v) is 6.39. The van der Waals surface area contributed by atoms with Crippen LogP contribution in [0.15, 0.2) is 35.9 Å². The lowest BCUT2D eigenvalue weighted by Crippen LogP contribution is -2.74. The number of carbonyl (C=O) groups excluding carboxylic acids is 1. The summed E-state index contributed by atoms with van der Waals surface area (Å²) in [5.41, 5.74) is 2.57. The van der Waals surface area contributed by atoms with Crippen LogP contribution in [0.1, 0.15) is 31.7 Å². The quantitative estimate of drug-likeness (QED) is 0.727. The molecule has 26 heavy (non-hydrogen) atoms. The second kappa shape index (κ2) is 4.61. The molecule has 0 aromatic heterocycles. The molecule has 0 aliphatic carbocycles. The molecule has 136 valence electrons. The first-order valence-electron chi connectivity index (χ1n) is 9.47. The van der Waals surface area contributed by atoms with Gasteiger partial charge in [0.05, 0.1) is 13.2 Å². The van der Waals surface area contributed by atoms with E-state index in [2.05, 4.69) is 41.4 Å². The lowest BCUT2D eigenvalue weighted by molar-refractivity contribution is -0.106. The zero-order valence-corrected chi connectivity index (χ0v) is 15.1. The Kier molecular flexibility index (Phi) is 2.67. The standard InChI is InChI=1S/C20H23N3O3/c1-3-12-8-13-9-16-20-19(23(13)18(24)25-2,10-17(26-20)22(16)11-12)14-6-4-5-7-15(14)21-20/h3-7,13,16-17,21H,8-11H2,1-2H3/b12-3-/t13?,16-,17+,19?,20+/m0/s1. The van der Waals surface area contributed by atoms with Crippen molar-refractivity contribution < 1.29 is 14.3 Å². The SMILES string of the molecule is C/C=C1/CC2C[C@@H]3N(C1)[C@H]1CC4(c5ccccc5N[C@@]34O1)N2C(=O)OC. The van der Waals surface area contributed by atoms with Gasteiger partial charge in [-0.25, -0.2) is 4.79 Å². The van der Waals surface area contributed by atoms with Crippen LogP contribution in [0.25, 0.3) is 0 Å². The fraction of sp³-hybridized carbons (Fsp3) is 0.550. The first-order chi connectivity index (χ1) is 12.6. The van der Waals surface area contributed by atoms with Gasteiger partial charge in [-0.05, 0) is 25.8 Å². The van der Waals surface area contributed by atoms with Crippen LogP contribution in [0.2, 0.25) is 0 Å². The summed E-state index contributed by atoms with van der Waals surface area (Å²) in [6, 6.07) is 8.74. The summed E-state index contributed by atoms with van der Waals surface area (Å²) in [7, 11) is 1.49. The number of para-hydroxylation sites is 1. The van der Waals surface area contributed by atoms with E-state index in [1.54, 1.807) is 0 Å². The molecule has 0 saturated carbocycles. The zero-order valence-electron chi connectivity index (χ0n) is 15.1. The summed E-state index contributed by atoms with van der Waals surface area (Å²) in [4.78, 5) is 17.6. The average Bonchev–Trinajstić information content (AvgIpc) is 3.19. The number of anilines is 1. The van der Waals surface area contributed by atoms with Gasteiger partial charge in [-0.2, -0.15) is 0 Å². The predicted molar refractivity (Wildman–Crippen MR) is 95.5 cm³/mol. The molecular formula is C20H23N3O3. The number of nitrogens with zero attached hydrogens (tertiary/aromatic N) is 2. The van der Waals surface area contributed by atoms with Crippen molar-refractivity contribution in [1.29, 1.82) is 0 Å². The molecular weight excluding hydrogens is 330 g/mol. The number of rotatable bonds is 0. The molecule has 1 spiro atoms. The highest BCUT2D eigenvalue weighted by Crippen LogP contribution is 2.68. The van der Waals surface area contributed by atoms with E-state index >= 15 is 0 Å². The van der Waals surface area contributed by atoms with Gasteiger partial charge in [0.25, 0.3) is 0 Å². The van der Waals surface area contributed by atoms with Crippen molar-refractivity contribution >= 4 is 11.8 Å². The fourth-order valence-electron chi connectivity index (χ4n) is 6.39. The Morgan fingerprint density at radius 3 is 3.08 bits per heavy atom. The number of likely N-dealkylation sites (tertiary alicyclic amines) is 1. The maximum absolute atomic E-state index is 13.1. The number of hydrogen-bond donors (Lipinski definition) is 1. The molecule has 6 nitrogen and oxygen atoms in total. The molecule has 2 unspecified atom stereocenters. The summed E-state index contributed by atoms with van der Waals surface area (Å²) in [6.07, 6.45) is 4.59. The topological polar surface area (TPSA) is 54.0 Å². The van der Waals surface area contributed by atoms with Crippen LogP contribution >= 0.6 is 0 Å². The molecule has 1 aromatic carbocycles. The smallest absolute Gasteiger partial charge is 0.410 e. The summed E-state index contributed by atoms with van der Waals surface area (Å²) in [6.45, 7) is 3.02. The molecule has 5 aliphatic heterocycles. The van der Waals surface area contributed by atoms with Gasteiger partial charge in [-0.15, -0.1) is 0 Å². The molecule has 6 heteroatoms. The van der Waals surface area contributed by atoms with Crippen molar-refractivity contribution in [1.82, 2.24) is 9.80 Å². The number of carbonyl (C=O) groups is 1. The highest BCUT2D eigenvalue weighted by molar-refractivity contribution is 5.76. The van der Waals surface area contributed by atoms with E-state index in [1.807, 2.05) is 11.0 Å². The Hall–Kier alpha value is -2.05. The van der Waals surface area contributed by atoms with E-state index in [-0.39, 0.29) is 24.4 Å². The molecule has 4 bridgehead atoms. The minimum atomic E-state index is -0.574. The lowest BCUT2D eigenvalue weighted by Gasteiger charge is -2.57. The Balaban J connectivity index is 1.64. The number of piperidine rings is 2. The Labute approximate surface area is 152 Å². The van der Waals surface area contributed by atoms with Gasteiger partial charge < -0.3 is 14.8 Å². The molecule has 6 rings (SSSR count). The van der Waals surface area contributed by atoms with Crippen molar-refractivity contribution in [3.63, 3.8) is 0 Å². The number of fused-ring (bicyclic) bond motifs is 4. The van der Waals surface area contributed by atoms with Crippen LogP contribution in [0.4, 0.5) is 10.5 Å². The van der Waals surface area contributed by atoms with E-state index in [0.29, 0.717) is 0 Å². The highest BCUT2D eigenvalue weighted by Gasteiger charge is 2.80. The molecule has 0 radical (unpaired) electrons. The summed E-state index contributed by atoms with van der Waals surface area (Å²) in [5, 5.41) is 3.72. The maximum atomic E-state index is 13.1. The van der Waals surface area contributed by atoms with Crippen LogP contribution in [-0.4, -0.2) is 53.6 Å². The van der Waals surface area contributed by atoms with E-state index in [1.165, 1.54) is 18.2 Å². The number of hydrogen-bond acceptors (Lipinski definition) is 5. The van der Waals surface area contributed by atoms with E-state index < -0.39 is 11.3 Å². The first kappa shape index (κ1) is 15.1. The van der Waals surface area contributed by atoms with Gasteiger partial charge in [-0.3, -0.25) is 9.80 Å². The van der Waals surface area contributed by atoms with Crippen molar-refractivity contribution in [2.75, 3.05) is 19.0 Å². The van der Waals surface area contributed by atoms with Crippen molar-refractivity contribution in [3.8, 4) is 0 Å². The van der Waals surface area contributed by atoms with E-state index in [0.717, 1.165) is 31.5 Å². The molecule has 5 heterocycles.